The molecule has 0 aromatic rings. The number of hydrogen-bond acceptors (Lipinski definition) is 2. The Labute approximate surface area is 80.3 Å². The first-order valence-electron chi connectivity index (χ1n) is 5.27. The summed E-state index contributed by atoms with van der Waals surface area (Å²) in [4.78, 5) is 11.1. The summed E-state index contributed by atoms with van der Waals surface area (Å²) >= 11 is 0. The van der Waals surface area contributed by atoms with Crippen LogP contribution >= 0.6 is 0 Å². The van der Waals surface area contributed by atoms with Gasteiger partial charge in [0.15, 0.2) is 0 Å². The van der Waals surface area contributed by atoms with Crippen molar-refractivity contribution in [3.8, 4) is 0 Å². The lowest BCUT2D eigenvalue weighted by molar-refractivity contribution is -0.124. The molecule has 1 saturated carbocycles. The van der Waals surface area contributed by atoms with Gasteiger partial charge < -0.3 is 9.90 Å². The third-order valence-electron chi connectivity index (χ3n) is 3.65. The molecule has 1 N–H and O–H groups in total. The smallest absolute Gasteiger partial charge is 0.126 e. The lowest BCUT2D eigenvalue weighted by Crippen LogP contribution is -2.38. The highest BCUT2D eigenvalue weighted by molar-refractivity contribution is 5.60. The number of hydrogen-bond donors (Lipinski definition) is 1. The van der Waals surface area contributed by atoms with Crippen LogP contribution in [0, 0.1) is 11.3 Å². The van der Waals surface area contributed by atoms with Crippen LogP contribution < -0.4 is 0 Å². The van der Waals surface area contributed by atoms with E-state index >= 15 is 0 Å². The summed E-state index contributed by atoms with van der Waals surface area (Å²) in [5.41, 5.74) is -0.230. The van der Waals surface area contributed by atoms with Crippen molar-refractivity contribution in [2.45, 2.75) is 52.1 Å². The van der Waals surface area contributed by atoms with E-state index in [0.717, 1.165) is 32.0 Å². The van der Waals surface area contributed by atoms with Gasteiger partial charge in [0.25, 0.3) is 0 Å². The van der Waals surface area contributed by atoms with E-state index in [4.69, 9.17) is 0 Å². The molecule has 76 valence electrons. The Hall–Kier alpha value is -0.370. The van der Waals surface area contributed by atoms with Crippen LogP contribution in [0.2, 0.25) is 0 Å². The minimum atomic E-state index is -0.372. The molecular formula is C11H20O2. The van der Waals surface area contributed by atoms with Crippen LogP contribution in [0.1, 0.15) is 46.0 Å². The van der Waals surface area contributed by atoms with Crippen LogP contribution in [-0.2, 0) is 4.79 Å². The topological polar surface area (TPSA) is 37.3 Å². The fourth-order valence-corrected chi connectivity index (χ4v) is 2.37. The van der Waals surface area contributed by atoms with E-state index in [0.29, 0.717) is 0 Å². The van der Waals surface area contributed by atoms with Crippen LogP contribution in [0.5, 0.6) is 0 Å². The molecule has 1 fully saturated rings. The van der Waals surface area contributed by atoms with Crippen molar-refractivity contribution in [3.63, 3.8) is 0 Å². The average Bonchev–Trinajstić information content (AvgIpc) is 2.17. The van der Waals surface area contributed by atoms with Gasteiger partial charge in [-0.2, -0.15) is 0 Å². The fourth-order valence-electron chi connectivity index (χ4n) is 2.37. The zero-order chi connectivity index (χ0) is 9.90. The number of rotatable bonds is 3. The highest BCUT2D eigenvalue weighted by Crippen LogP contribution is 2.42. The molecule has 2 heteroatoms. The first-order chi connectivity index (χ1) is 6.12. The van der Waals surface area contributed by atoms with Crippen LogP contribution in [0.15, 0.2) is 0 Å². The van der Waals surface area contributed by atoms with E-state index in [9.17, 15) is 9.90 Å². The Morgan fingerprint density at radius 3 is 2.15 bits per heavy atom. The quantitative estimate of drug-likeness (QED) is 0.682. The lowest BCUT2D eigenvalue weighted by Gasteiger charge is -2.38. The second-order valence-electron chi connectivity index (χ2n) is 4.44. The van der Waals surface area contributed by atoms with Crippen LogP contribution in [0.25, 0.3) is 0 Å². The molecule has 2 nitrogen and oxygen atoms in total. The molecule has 0 heterocycles. The maximum Gasteiger partial charge on any atom is 0.126 e. The number of aliphatic hydroxyl groups is 1. The maximum atomic E-state index is 11.1. The predicted octanol–water partition coefficient (Wildman–Crippen LogP) is 2.15. The first kappa shape index (κ1) is 10.7. The Bertz CT molecular complexity index is 169. The molecule has 0 amide bonds. The summed E-state index contributed by atoms with van der Waals surface area (Å²) in [5, 5.41) is 9.51. The molecule has 0 spiro atoms. The van der Waals surface area contributed by atoms with E-state index in [1.807, 2.05) is 6.92 Å². The minimum absolute atomic E-state index is 0.102. The zero-order valence-corrected chi connectivity index (χ0v) is 8.62. The SMILES string of the molecule is CC(O)C(C)C1(C=O)CCCCC1. The monoisotopic (exact) mass is 184 g/mol. The van der Waals surface area contributed by atoms with Crippen molar-refractivity contribution in [1.82, 2.24) is 0 Å². The van der Waals surface area contributed by atoms with Crippen molar-refractivity contribution in [2.75, 3.05) is 0 Å². The molecule has 13 heavy (non-hydrogen) atoms. The Morgan fingerprint density at radius 2 is 1.77 bits per heavy atom. The van der Waals surface area contributed by atoms with E-state index < -0.39 is 0 Å². The fraction of sp³-hybridized carbons (Fsp3) is 0.909. The largest absolute Gasteiger partial charge is 0.393 e. The molecule has 1 aliphatic rings. The molecule has 0 aliphatic heterocycles. The predicted molar refractivity (Wildman–Crippen MR) is 52.4 cm³/mol. The third-order valence-corrected chi connectivity index (χ3v) is 3.65. The summed E-state index contributed by atoms with van der Waals surface area (Å²) in [5.74, 6) is 0.102. The van der Waals surface area contributed by atoms with Crippen LogP contribution in [0.4, 0.5) is 0 Å². The van der Waals surface area contributed by atoms with E-state index in [1.165, 1.54) is 6.42 Å². The molecule has 1 rings (SSSR count). The van der Waals surface area contributed by atoms with Crippen molar-refractivity contribution >= 4 is 6.29 Å². The molecule has 2 atom stereocenters. The number of aldehydes is 1. The van der Waals surface area contributed by atoms with E-state index in [-0.39, 0.29) is 17.4 Å². The summed E-state index contributed by atoms with van der Waals surface area (Å²) in [6.45, 7) is 3.77. The van der Waals surface area contributed by atoms with Gasteiger partial charge in [-0.3, -0.25) is 0 Å². The number of carbonyl (C=O) groups is 1. The van der Waals surface area contributed by atoms with Gasteiger partial charge in [0.1, 0.15) is 6.29 Å². The second-order valence-corrected chi connectivity index (χ2v) is 4.44. The number of carbonyl (C=O) groups excluding carboxylic acids is 1. The summed E-state index contributed by atoms with van der Waals surface area (Å²) in [6, 6.07) is 0. The van der Waals surface area contributed by atoms with Gasteiger partial charge in [-0.25, -0.2) is 0 Å². The average molecular weight is 184 g/mol. The van der Waals surface area contributed by atoms with Crippen LogP contribution in [0.3, 0.4) is 0 Å². The van der Waals surface area contributed by atoms with Gasteiger partial charge >= 0.3 is 0 Å². The van der Waals surface area contributed by atoms with Crippen molar-refractivity contribution in [1.29, 1.82) is 0 Å². The maximum absolute atomic E-state index is 11.1. The molecule has 0 saturated heterocycles. The van der Waals surface area contributed by atoms with Crippen molar-refractivity contribution in [2.24, 2.45) is 11.3 Å². The standard InChI is InChI=1S/C11H20O2/c1-9(10(2)13)11(8-12)6-4-3-5-7-11/h8-10,13H,3-7H2,1-2H3. The van der Waals surface area contributed by atoms with E-state index in [2.05, 4.69) is 0 Å². The van der Waals surface area contributed by atoms with Crippen LogP contribution in [-0.4, -0.2) is 17.5 Å². The summed E-state index contributed by atoms with van der Waals surface area (Å²) in [6.07, 6.45) is 6.14. The van der Waals surface area contributed by atoms with Crippen molar-refractivity contribution in [3.05, 3.63) is 0 Å². The molecule has 0 aromatic carbocycles. The first-order valence-corrected chi connectivity index (χ1v) is 5.27. The highest BCUT2D eigenvalue weighted by Gasteiger charge is 2.39. The third kappa shape index (κ3) is 2.11. The molecule has 1 aliphatic carbocycles. The van der Waals surface area contributed by atoms with Gasteiger partial charge in [0.2, 0.25) is 0 Å². The van der Waals surface area contributed by atoms with Gasteiger partial charge in [-0.05, 0) is 25.7 Å². The minimum Gasteiger partial charge on any atom is -0.393 e. The summed E-state index contributed by atoms with van der Waals surface area (Å²) in [7, 11) is 0. The van der Waals surface area contributed by atoms with Gasteiger partial charge in [0, 0.05) is 5.41 Å². The molecular weight excluding hydrogens is 164 g/mol. The Morgan fingerprint density at radius 1 is 1.23 bits per heavy atom. The van der Waals surface area contributed by atoms with Gasteiger partial charge in [-0.15, -0.1) is 0 Å². The molecule has 2 unspecified atom stereocenters. The number of aliphatic hydroxyl groups excluding tert-OH is 1. The van der Waals surface area contributed by atoms with Crippen molar-refractivity contribution < 1.29 is 9.90 Å². The second kappa shape index (κ2) is 4.23. The van der Waals surface area contributed by atoms with Gasteiger partial charge in [0.05, 0.1) is 6.10 Å². The van der Waals surface area contributed by atoms with Gasteiger partial charge in [-0.1, -0.05) is 26.2 Å². The Kier molecular flexibility index (Phi) is 3.48. The highest BCUT2D eigenvalue weighted by atomic mass is 16.3. The molecule has 0 radical (unpaired) electrons. The lowest BCUT2D eigenvalue weighted by atomic mass is 9.66. The molecule has 0 aromatic heterocycles. The zero-order valence-electron chi connectivity index (χ0n) is 8.62. The normalized spacial score (nSPS) is 26.4. The molecule has 0 bridgehead atoms. The van der Waals surface area contributed by atoms with E-state index in [1.54, 1.807) is 6.92 Å². The Balaban J connectivity index is 2.72. The summed E-state index contributed by atoms with van der Waals surface area (Å²) < 4.78 is 0.